The number of rotatable bonds is 5. The fourth-order valence-corrected chi connectivity index (χ4v) is 2.37. The Hall–Kier alpha value is -1.48. The van der Waals surface area contributed by atoms with Crippen LogP contribution in [0.25, 0.3) is 0 Å². The molecule has 4 N–H and O–H groups in total. The number of hydrogen-bond donors (Lipinski definition) is 4. The zero-order valence-corrected chi connectivity index (χ0v) is 11.7. The molecule has 0 bridgehead atoms. The van der Waals surface area contributed by atoms with Gasteiger partial charge < -0.3 is 20.1 Å². The maximum Gasteiger partial charge on any atom is 0.330 e. The summed E-state index contributed by atoms with van der Waals surface area (Å²) in [5, 5.41) is 28.7. The number of aromatic nitrogens is 2. The van der Waals surface area contributed by atoms with Crippen LogP contribution >= 0.6 is 0 Å². The number of nitrogens with zero attached hydrogens (tertiary/aromatic N) is 1. The SMILES string of the molecule is CCCCc1cn(C2OC(CO)C(O)C2O)c(=O)[nH]c1=O. The van der Waals surface area contributed by atoms with Gasteiger partial charge in [0, 0.05) is 11.8 Å². The smallest absolute Gasteiger partial charge is 0.330 e. The third-order valence-electron chi connectivity index (χ3n) is 3.63. The lowest BCUT2D eigenvalue weighted by molar-refractivity contribution is -0.0551. The molecule has 21 heavy (non-hydrogen) atoms. The molecule has 1 aromatic rings. The molecule has 0 aliphatic carbocycles. The average Bonchev–Trinajstić information content (AvgIpc) is 2.74. The highest BCUT2D eigenvalue weighted by Gasteiger charge is 2.43. The molecule has 0 saturated carbocycles. The van der Waals surface area contributed by atoms with Crippen molar-refractivity contribution < 1.29 is 20.1 Å². The van der Waals surface area contributed by atoms with Gasteiger partial charge in [-0.3, -0.25) is 14.3 Å². The molecule has 1 fully saturated rings. The van der Waals surface area contributed by atoms with Crippen molar-refractivity contribution in [1.29, 1.82) is 0 Å². The first-order valence-corrected chi connectivity index (χ1v) is 6.96. The first kappa shape index (κ1) is 15.9. The molecule has 0 spiro atoms. The van der Waals surface area contributed by atoms with E-state index in [1.165, 1.54) is 6.20 Å². The van der Waals surface area contributed by atoms with Gasteiger partial charge in [0.05, 0.1) is 6.61 Å². The average molecular weight is 300 g/mol. The third-order valence-corrected chi connectivity index (χ3v) is 3.63. The molecule has 118 valence electrons. The van der Waals surface area contributed by atoms with Crippen molar-refractivity contribution in [2.45, 2.75) is 50.7 Å². The highest BCUT2D eigenvalue weighted by molar-refractivity contribution is 5.06. The van der Waals surface area contributed by atoms with Crippen LogP contribution < -0.4 is 11.2 Å². The highest BCUT2D eigenvalue weighted by Crippen LogP contribution is 2.27. The van der Waals surface area contributed by atoms with Gasteiger partial charge in [-0.25, -0.2) is 4.79 Å². The number of hydrogen-bond acceptors (Lipinski definition) is 6. The molecule has 0 aromatic carbocycles. The summed E-state index contributed by atoms with van der Waals surface area (Å²) < 4.78 is 6.34. The van der Waals surface area contributed by atoms with E-state index in [0.29, 0.717) is 12.0 Å². The van der Waals surface area contributed by atoms with Crippen LogP contribution in [0.3, 0.4) is 0 Å². The molecular formula is C13H20N2O6. The minimum absolute atomic E-state index is 0.411. The maximum absolute atomic E-state index is 11.9. The lowest BCUT2D eigenvalue weighted by Gasteiger charge is -2.17. The van der Waals surface area contributed by atoms with Crippen LogP contribution in [-0.4, -0.2) is 49.8 Å². The van der Waals surface area contributed by atoms with Crippen LogP contribution in [-0.2, 0) is 11.2 Å². The Morgan fingerprint density at radius 1 is 1.33 bits per heavy atom. The second kappa shape index (κ2) is 6.52. The van der Waals surface area contributed by atoms with Crippen LogP contribution in [0.5, 0.6) is 0 Å². The first-order chi connectivity index (χ1) is 9.99. The lowest BCUT2D eigenvalue weighted by Crippen LogP contribution is -2.38. The Morgan fingerprint density at radius 3 is 2.62 bits per heavy atom. The van der Waals surface area contributed by atoms with Crippen molar-refractivity contribution in [2.75, 3.05) is 6.61 Å². The number of aliphatic hydroxyl groups is 3. The van der Waals surface area contributed by atoms with E-state index in [1.807, 2.05) is 6.92 Å². The zero-order chi connectivity index (χ0) is 15.6. The van der Waals surface area contributed by atoms with E-state index in [9.17, 15) is 19.8 Å². The molecule has 0 radical (unpaired) electrons. The first-order valence-electron chi connectivity index (χ1n) is 6.96. The van der Waals surface area contributed by atoms with Crippen LogP contribution in [0.15, 0.2) is 15.8 Å². The lowest BCUT2D eigenvalue weighted by atomic mass is 10.1. The van der Waals surface area contributed by atoms with Gasteiger partial charge in [0.25, 0.3) is 5.56 Å². The minimum Gasteiger partial charge on any atom is -0.394 e. The van der Waals surface area contributed by atoms with Crippen LogP contribution in [0.1, 0.15) is 31.6 Å². The van der Waals surface area contributed by atoms with E-state index in [0.717, 1.165) is 17.4 Å². The molecular weight excluding hydrogens is 280 g/mol. The number of nitrogens with one attached hydrogen (secondary N) is 1. The fourth-order valence-electron chi connectivity index (χ4n) is 2.37. The van der Waals surface area contributed by atoms with E-state index in [2.05, 4.69) is 4.98 Å². The second-order valence-electron chi connectivity index (χ2n) is 5.15. The Bertz CT molecular complexity index is 595. The molecule has 1 aliphatic heterocycles. The molecule has 4 unspecified atom stereocenters. The summed E-state index contributed by atoms with van der Waals surface area (Å²) in [7, 11) is 0. The van der Waals surface area contributed by atoms with Crippen molar-refractivity contribution in [3.05, 3.63) is 32.6 Å². The van der Waals surface area contributed by atoms with Crippen molar-refractivity contribution in [3.8, 4) is 0 Å². The Balaban J connectivity index is 2.35. The Labute approximate surface area is 120 Å². The monoisotopic (exact) mass is 300 g/mol. The van der Waals surface area contributed by atoms with Crippen molar-refractivity contribution in [3.63, 3.8) is 0 Å². The van der Waals surface area contributed by atoms with Crippen LogP contribution in [0.4, 0.5) is 0 Å². The van der Waals surface area contributed by atoms with Gasteiger partial charge in [-0.2, -0.15) is 0 Å². The standard InChI is InChI=1S/C13H20N2O6/c1-2-3-4-7-5-15(13(20)14-11(7)19)12-10(18)9(17)8(6-16)21-12/h5,8-10,12,16-18H,2-4,6H2,1H3,(H,14,19,20). The number of ether oxygens (including phenoxy) is 1. The molecule has 0 amide bonds. The van der Waals surface area contributed by atoms with Gasteiger partial charge in [-0.05, 0) is 12.8 Å². The summed E-state index contributed by atoms with van der Waals surface area (Å²) in [6.07, 6.45) is -1.23. The quantitative estimate of drug-likeness (QED) is 0.524. The van der Waals surface area contributed by atoms with Gasteiger partial charge in [0.1, 0.15) is 18.3 Å². The molecule has 4 atom stereocenters. The van der Waals surface area contributed by atoms with Gasteiger partial charge in [-0.1, -0.05) is 13.3 Å². The number of aryl methyl sites for hydroxylation is 1. The van der Waals surface area contributed by atoms with Gasteiger partial charge >= 0.3 is 5.69 Å². The number of aliphatic hydroxyl groups excluding tert-OH is 3. The predicted molar refractivity (Wildman–Crippen MR) is 72.9 cm³/mol. The molecule has 2 heterocycles. The Morgan fingerprint density at radius 2 is 2.05 bits per heavy atom. The summed E-state index contributed by atoms with van der Waals surface area (Å²) in [5.41, 5.74) is -0.777. The maximum atomic E-state index is 11.9. The number of H-pyrrole nitrogens is 1. The largest absolute Gasteiger partial charge is 0.394 e. The van der Waals surface area contributed by atoms with Crippen LogP contribution in [0, 0.1) is 0 Å². The summed E-state index contributed by atoms with van der Waals surface area (Å²) in [5.74, 6) is 0. The van der Waals surface area contributed by atoms with Crippen molar-refractivity contribution in [2.24, 2.45) is 0 Å². The normalized spacial score (nSPS) is 29.0. The van der Waals surface area contributed by atoms with E-state index in [-0.39, 0.29) is 0 Å². The summed E-state index contributed by atoms with van der Waals surface area (Å²) in [6.45, 7) is 1.51. The van der Waals surface area contributed by atoms with Crippen molar-refractivity contribution >= 4 is 0 Å². The highest BCUT2D eigenvalue weighted by atomic mass is 16.6. The fraction of sp³-hybridized carbons (Fsp3) is 0.692. The zero-order valence-electron chi connectivity index (χ0n) is 11.7. The summed E-state index contributed by atoms with van der Waals surface area (Å²) in [4.78, 5) is 25.8. The van der Waals surface area contributed by atoms with Gasteiger partial charge in [0.2, 0.25) is 0 Å². The van der Waals surface area contributed by atoms with Crippen LogP contribution in [0.2, 0.25) is 0 Å². The molecule has 1 aliphatic rings. The van der Waals surface area contributed by atoms with Gasteiger partial charge in [0.15, 0.2) is 6.23 Å². The van der Waals surface area contributed by atoms with Crippen molar-refractivity contribution in [1.82, 2.24) is 9.55 Å². The summed E-state index contributed by atoms with van der Waals surface area (Å²) in [6, 6.07) is 0. The second-order valence-corrected chi connectivity index (χ2v) is 5.15. The van der Waals surface area contributed by atoms with E-state index in [4.69, 9.17) is 9.84 Å². The minimum atomic E-state index is -1.36. The molecule has 1 saturated heterocycles. The molecule has 2 rings (SSSR count). The molecule has 1 aromatic heterocycles. The topological polar surface area (TPSA) is 125 Å². The van der Waals surface area contributed by atoms with E-state index < -0.39 is 42.4 Å². The Kier molecular flexibility index (Phi) is 4.94. The summed E-state index contributed by atoms with van der Waals surface area (Å²) >= 11 is 0. The van der Waals surface area contributed by atoms with E-state index in [1.54, 1.807) is 0 Å². The number of unbranched alkanes of at least 4 members (excludes halogenated alkanes) is 1. The molecule has 8 nitrogen and oxygen atoms in total. The van der Waals surface area contributed by atoms with E-state index >= 15 is 0 Å². The molecule has 8 heteroatoms. The number of aromatic amines is 1. The predicted octanol–water partition coefficient (Wildman–Crippen LogP) is -1.51. The van der Waals surface area contributed by atoms with Gasteiger partial charge in [-0.15, -0.1) is 0 Å². The third kappa shape index (κ3) is 3.08.